The van der Waals surface area contributed by atoms with Crippen LogP contribution in [0.4, 0.5) is 0 Å². The molecular weight excluding hydrogens is 340 g/mol. The highest BCUT2D eigenvalue weighted by Gasteiger charge is 2.28. The number of carbonyl (C=O) groups excluding carboxylic acids is 1. The maximum atomic E-state index is 13.1. The summed E-state index contributed by atoms with van der Waals surface area (Å²) in [7, 11) is 1.93. The summed E-state index contributed by atoms with van der Waals surface area (Å²) in [5.74, 6) is 0.119. The molecule has 138 valence electrons. The monoisotopic (exact) mass is 362 g/mol. The van der Waals surface area contributed by atoms with E-state index >= 15 is 0 Å². The lowest BCUT2D eigenvalue weighted by Crippen LogP contribution is -2.40. The molecule has 1 atom stereocenters. The number of carbonyl (C=O) groups is 1. The Labute approximate surface area is 157 Å². The number of aromatic amines is 1. The third kappa shape index (κ3) is 3.43. The van der Waals surface area contributed by atoms with Gasteiger partial charge in [0, 0.05) is 37.8 Å². The number of hydrogen-bond donors (Lipinski definition) is 1. The summed E-state index contributed by atoms with van der Waals surface area (Å²) in [6.45, 7) is 1.31. The maximum Gasteiger partial charge on any atom is 0.270 e. The number of piperidine rings is 1. The van der Waals surface area contributed by atoms with E-state index in [9.17, 15) is 9.59 Å². The summed E-state index contributed by atoms with van der Waals surface area (Å²) < 4.78 is 1.95. The van der Waals surface area contributed by atoms with Crippen LogP contribution in [0.3, 0.4) is 0 Å². The standard InChI is InChI=1S/C21H22N4O2/c1-24-18(15-6-3-2-4-7-15)9-10-19(24)21(27)25-11-5-8-16(13-25)17-12-20(26)23-14-22-17/h2-4,6-7,9-10,12,14,16H,5,8,11,13H2,1H3,(H,22,23,26)/t16-/m0/s1. The third-order valence-corrected chi connectivity index (χ3v) is 5.24. The first-order valence-electron chi connectivity index (χ1n) is 9.18. The molecule has 1 amide bonds. The lowest BCUT2D eigenvalue weighted by atomic mass is 9.94. The van der Waals surface area contributed by atoms with Crippen LogP contribution in [-0.2, 0) is 7.05 Å². The Morgan fingerprint density at radius 1 is 1.19 bits per heavy atom. The minimum absolute atomic E-state index is 0.0224. The van der Waals surface area contributed by atoms with Crippen molar-refractivity contribution in [1.82, 2.24) is 19.4 Å². The van der Waals surface area contributed by atoms with Crippen LogP contribution in [0, 0.1) is 0 Å². The number of likely N-dealkylation sites (tertiary alicyclic amines) is 1. The average molecular weight is 362 g/mol. The van der Waals surface area contributed by atoms with Gasteiger partial charge in [-0.2, -0.15) is 0 Å². The van der Waals surface area contributed by atoms with E-state index in [2.05, 4.69) is 9.97 Å². The van der Waals surface area contributed by atoms with Gasteiger partial charge >= 0.3 is 0 Å². The highest BCUT2D eigenvalue weighted by Crippen LogP contribution is 2.27. The second kappa shape index (κ2) is 7.23. The SMILES string of the molecule is Cn1c(C(=O)N2CCC[C@H](c3cc(=O)[nH]cn3)C2)ccc1-c1ccccc1. The summed E-state index contributed by atoms with van der Waals surface area (Å²) in [6.07, 6.45) is 3.27. The van der Waals surface area contributed by atoms with Crippen molar-refractivity contribution < 1.29 is 4.79 Å². The Morgan fingerprint density at radius 2 is 2.00 bits per heavy atom. The highest BCUT2D eigenvalue weighted by molar-refractivity contribution is 5.94. The molecule has 0 spiro atoms. The molecule has 0 aliphatic carbocycles. The number of rotatable bonds is 3. The van der Waals surface area contributed by atoms with Crippen molar-refractivity contribution in [3.8, 4) is 11.3 Å². The van der Waals surface area contributed by atoms with E-state index in [-0.39, 0.29) is 17.4 Å². The molecule has 1 fully saturated rings. The van der Waals surface area contributed by atoms with Gasteiger partial charge in [0.05, 0.1) is 12.0 Å². The van der Waals surface area contributed by atoms with Crippen LogP contribution in [0.1, 0.15) is 34.9 Å². The van der Waals surface area contributed by atoms with Crippen molar-refractivity contribution in [2.45, 2.75) is 18.8 Å². The molecule has 3 aromatic rings. The number of nitrogens with zero attached hydrogens (tertiary/aromatic N) is 3. The zero-order valence-electron chi connectivity index (χ0n) is 15.3. The Balaban J connectivity index is 1.56. The Hall–Kier alpha value is -3.15. The van der Waals surface area contributed by atoms with Crippen LogP contribution >= 0.6 is 0 Å². The van der Waals surface area contributed by atoms with Gasteiger partial charge in [-0.25, -0.2) is 4.98 Å². The van der Waals surface area contributed by atoms with Gasteiger partial charge in [-0.05, 0) is 30.5 Å². The van der Waals surface area contributed by atoms with E-state index in [0.717, 1.165) is 36.3 Å². The van der Waals surface area contributed by atoms with Crippen LogP contribution in [0.2, 0.25) is 0 Å². The fraction of sp³-hybridized carbons (Fsp3) is 0.286. The number of nitrogens with one attached hydrogen (secondary N) is 1. The number of H-pyrrole nitrogens is 1. The Bertz CT molecular complexity index is 1010. The van der Waals surface area contributed by atoms with Crippen molar-refractivity contribution in [2.75, 3.05) is 13.1 Å². The second-order valence-electron chi connectivity index (χ2n) is 6.96. The highest BCUT2D eigenvalue weighted by atomic mass is 16.2. The number of aromatic nitrogens is 3. The van der Waals surface area contributed by atoms with Crippen LogP contribution in [0.5, 0.6) is 0 Å². The Morgan fingerprint density at radius 3 is 2.78 bits per heavy atom. The quantitative estimate of drug-likeness (QED) is 0.779. The van der Waals surface area contributed by atoms with Crippen molar-refractivity contribution in [2.24, 2.45) is 7.05 Å². The minimum Gasteiger partial charge on any atom is -0.340 e. The van der Waals surface area contributed by atoms with Crippen LogP contribution in [0.15, 0.2) is 59.7 Å². The summed E-state index contributed by atoms with van der Waals surface area (Å²) in [6, 6.07) is 15.5. The van der Waals surface area contributed by atoms with E-state index < -0.39 is 0 Å². The molecule has 2 aromatic heterocycles. The maximum absolute atomic E-state index is 13.1. The van der Waals surface area contributed by atoms with Crippen molar-refractivity contribution in [3.05, 3.63) is 76.6 Å². The molecule has 27 heavy (non-hydrogen) atoms. The average Bonchev–Trinajstić information content (AvgIpc) is 3.09. The second-order valence-corrected chi connectivity index (χ2v) is 6.96. The van der Waals surface area contributed by atoms with Gasteiger partial charge in [-0.3, -0.25) is 9.59 Å². The molecule has 6 heteroatoms. The fourth-order valence-electron chi connectivity index (χ4n) is 3.80. The normalized spacial score (nSPS) is 17.1. The van der Waals surface area contributed by atoms with E-state index in [1.54, 1.807) is 0 Å². The lowest BCUT2D eigenvalue weighted by Gasteiger charge is -2.32. The zero-order valence-corrected chi connectivity index (χ0v) is 15.3. The van der Waals surface area contributed by atoms with Crippen LogP contribution < -0.4 is 5.56 Å². The molecule has 6 nitrogen and oxygen atoms in total. The molecule has 0 bridgehead atoms. The predicted molar refractivity (Wildman–Crippen MR) is 104 cm³/mol. The van der Waals surface area contributed by atoms with Gasteiger partial charge in [0.25, 0.3) is 11.5 Å². The van der Waals surface area contributed by atoms with Crippen LogP contribution in [-0.4, -0.2) is 38.4 Å². The van der Waals surface area contributed by atoms with Crippen molar-refractivity contribution in [1.29, 1.82) is 0 Å². The first-order valence-corrected chi connectivity index (χ1v) is 9.18. The molecule has 3 heterocycles. The first-order chi connectivity index (χ1) is 13.1. The van der Waals surface area contributed by atoms with E-state index in [0.29, 0.717) is 12.2 Å². The minimum atomic E-state index is -0.154. The summed E-state index contributed by atoms with van der Waals surface area (Å²) in [5.41, 5.74) is 3.38. The molecule has 1 aliphatic heterocycles. The molecule has 4 rings (SSSR count). The molecule has 0 saturated carbocycles. The van der Waals surface area contributed by atoms with E-state index in [1.807, 2.05) is 59.0 Å². The molecule has 0 unspecified atom stereocenters. The molecule has 1 saturated heterocycles. The topological polar surface area (TPSA) is 71.0 Å². The van der Waals surface area contributed by atoms with E-state index in [1.165, 1.54) is 12.4 Å². The molecular formula is C21H22N4O2. The fourth-order valence-corrected chi connectivity index (χ4v) is 3.80. The number of amides is 1. The molecule has 0 radical (unpaired) electrons. The summed E-state index contributed by atoms with van der Waals surface area (Å²) in [4.78, 5) is 33.4. The number of benzene rings is 1. The van der Waals surface area contributed by atoms with Gasteiger partial charge in [-0.15, -0.1) is 0 Å². The van der Waals surface area contributed by atoms with Gasteiger partial charge in [0.1, 0.15) is 5.69 Å². The third-order valence-electron chi connectivity index (χ3n) is 5.24. The van der Waals surface area contributed by atoms with Gasteiger partial charge in [0.15, 0.2) is 0 Å². The molecule has 1 aliphatic rings. The van der Waals surface area contributed by atoms with Gasteiger partial charge in [-0.1, -0.05) is 30.3 Å². The van der Waals surface area contributed by atoms with Crippen molar-refractivity contribution >= 4 is 5.91 Å². The van der Waals surface area contributed by atoms with Gasteiger partial charge < -0.3 is 14.5 Å². The van der Waals surface area contributed by atoms with E-state index in [4.69, 9.17) is 0 Å². The Kier molecular flexibility index (Phi) is 4.62. The lowest BCUT2D eigenvalue weighted by molar-refractivity contribution is 0.0696. The summed E-state index contributed by atoms with van der Waals surface area (Å²) >= 11 is 0. The molecule has 1 aromatic carbocycles. The van der Waals surface area contributed by atoms with Crippen molar-refractivity contribution in [3.63, 3.8) is 0 Å². The largest absolute Gasteiger partial charge is 0.340 e. The summed E-state index contributed by atoms with van der Waals surface area (Å²) in [5, 5.41) is 0. The number of hydrogen-bond acceptors (Lipinski definition) is 3. The van der Waals surface area contributed by atoms with Gasteiger partial charge in [0.2, 0.25) is 0 Å². The smallest absolute Gasteiger partial charge is 0.270 e. The first kappa shape index (κ1) is 17.3. The zero-order chi connectivity index (χ0) is 18.8. The predicted octanol–water partition coefficient (Wildman–Crippen LogP) is 2.80. The van der Waals surface area contributed by atoms with Crippen LogP contribution in [0.25, 0.3) is 11.3 Å². The molecule has 1 N–H and O–H groups in total.